The third-order valence-corrected chi connectivity index (χ3v) is 3.24. The Kier molecular flexibility index (Phi) is 11.9. The Hall–Kier alpha value is -1.32. The number of esters is 1. The zero-order chi connectivity index (χ0) is 15.2. The Labute approximate surface area is 122 Å². The molecule has 0 aliphatic carbocycles. The number of hydrogen-bond acceptors (Lipinski definition) is 3. The number of hydrogen-bond donors (Lipinski definition) is 1. The van der Waals surface area contributed by atoms with E-state index in [2.05, 4.69) is 13.5 Å². The molecule has 0 heterocycles. The molecule has 4 nitrogen and oxygen atoms in total. The molecule has 0 aliphatic rings. The lowest BCUT2D eigenvalue weighted by Gasteiger charge is -2.04. The van der Waals surface area contributed by atoms with Crippen LogP contribution in [-0.4, -0.2) is 23.7 Å². The SMILES string of the molecule is C=C(C(=O)O)C(=O)OCCCCCCCCCCCC. The zero-order valence-electron chi connectivity index (χ0n) is 12.7. The predicted molar refractivity (Wildman–Crippen MR) is 79.6 cm³/mol. The van der Waals surface area contributed by atoms with Gasteiger partial charge < -0.3 is 9.84 Å². The van der Waals surface area contributed by atoms with Gasteiger partial charge in [0.25, 0.3) is 0 Å². The van der Waals surface area contributed by atoms with Crippen LogP contribution in [0.3, 0.4) is 0 Å². The van der Waals surface area contributed by atoms with Gasteiger partial charge in [-0.2, -0.15) is 0 Å². The van der Waals surface area contributed by atoms with Crippen molar-refractivity contribution in [3.63, 3.8) is 0 Å². The molecule has 0 rings (SSSR count). The van der Waals surface area contributed by atoms with E-state index in [1.54, 1.807) is 0 Å². The van der Waals surface area contributed by atoms with Crippen molar-refractivity contribution in [1.82, 2.24) is 0 Å². The smallest absolute Gasteiger partial charge is 0.344 e. The number of carbonyl (C=O) groups is 2. The van der Waals surface area contributed by atoms with Gasteiger partial charge in [-0.1, -0.05) is 71.3 Å². The molecular weight excluding hydrogens is 256 g/mol. The van der Waals surface area contributed by atoms with Crippen LogP contribution in [0.15, 0.2) is 12.2 Å². The Balaban J connectivity index is 3.27. The molecule has 0 spiro atoms. The van der Waals surface area contributed by atoms with E-state index in [1.807, 2.05) is 0 Å². The molecule has 0 aromatic carbocycles. The van der Waals surface area contributed by atoms with Crippen molar-refractivity contribution in [3.8, 4) is 0 Å². The summed E-state index contributed by atoms with van der Waals surface area (Å²) < 4.78 is 4.82. The van der Waals surface area contributed by atoms with E-state index in [1.165, 1.54) is 44.9 Å². The highest BCUT2D eigenvalue weighted by Crippen LogP contribution is 2.10. The first-order valence-corrected chi connectivity index (χ1v) is 7.69. The molecule has 0 saturated carbocycles. The van der Waals surface area contributed by atoms with Gasteiger partial charge in [-0.25, -0.2) is 9.59 Å². The maximum Gasteiger partial charge on any atom is 0.344 e. The van der Waals surface area contributed by atoms with Crippen LogP contribution in [-0.2, 0) is 14.3 Å². The van der Waals surface area contributed by atoms with Crippen molar-refractivity contribution in [3.05, 3.63) is 12.2 Å². The van der Waals surface area contributed by atoms with E-state index in [-0.39, 0.29) is 6.61 Å². The largest absolute Gasteiger partial charge is 0.477 e. The van der Waals surface area contributed by atoms with Crippen molar-refractivity contribution < 1.29 is 19.4 Å². The molecule has 1 N–H and O–H groups in total. The summed E-state index contributed by atoms with van der Waals surface area (Å²) in [6.07, 6.45) is 12.1. The normalized spacial score (nSPS) is 10.2. The molecule has 0 fully saturated rings. The fourth-order valence-electron chi connectivity index (χ4n) is 1.93. The monoisotopic (exact) mass is 284 g/mol. The number of rotatable bonds is 13. The third kappa shape index (κ3) is 10.6. The Morgan fingerprint density at radius 2 is 1.35 bits per heavy atom. The number of unbranched alkanes of at least 4 members (excludes halogenated alkanes) is 9. The van der Waals surface area contributed by atoms with E-state index in [4.69, 9.17) is 9.84 Å². The predicted octanol–water partition coefficient (Wildman–Crippen LogP) is 4.09. The van der Waals surface area contributed by atoms with Gasteiger partial charge in [0, 0.05) is 0 Å². The lowest BCUT2D eigenvalue weighted by molar-refractivity contribution is -0.144. The van der Waals surface area contributed by atoms with Gasteiger partial charge in [0.1, 0.15) is 5.57 Å². The summed E-state index contributed by atoms with van der Waals surface area (Å²) in [6, 6.07) is 0. The van der Waals surface area contributed by atoms with Crippen molar-refractivity contribution in [2.45, 2.75) is 71.1 Å². The summed E-state index contributed by atoms with van der Waals surface area (Å²) in [5.74, 6) is -2.15. The quantitative estimate of drug-likeness (QED) is 0.182. The van der Waals surface area contributed by atoms with Crippen LogP contribution in [0, 0.1) is 0 Å². The lowest BCUT2D eigenvalue weighted by atomic mass is 10.1. The molecule has 0 radical (unpaired) electrons. The van der Waals surface area contributed by atoms with Crippen LogP contribution < -0.4 is 0 Å². The van der Waals surface area contributed by atoms with Gasteiger partial charge in [0.15, 0.2) is 0 Å². The zero-order valence-corrected chi connectivity index (χ0v) is 12.7. The first-order chi connectivity index (χ1) is 9.59. The molecule has 0 amide bonds. The van der Waals surface area contributed by atoms with E-state index >= 15 is 0 Å². The summed E-state index contributed by atoms with van der Waals surface area (Å²) >= 11 is 0. The maximum absolute atomic E-state index is 11.1. The van der Waals surface area contributed by atoms with Crippen LogP contribution in [0.2, 0.25) is 0 Å². The van der Waals surface area contributed by atoms with Gasteiger partial charge in [-0.05, 0) is 6.42 Å². The number of ether oxygens (including phenoxy) is 1. The van der Waals surface area contributed by atoms with Crippen molar-refractivity contribution >= 4 is 11.9 Å². The fourth-order valence-corrected chi connectivity index (χ4v) is 1.93. The van der Waals surface area contributed by atoms with Crippen molar-refractivity contribution in [2.75, 3.05) is 6.61 Å². The summed E-state index contributed by atoms with van der Waals surface area (Å²) in [5.41, 5.74) is -0.503. The second-order valence-electron chi connectivity index (χ2n) is 5.10. The average Bonchev–Trinajstić information content (AvgIpc) is 2.43. The molecule has 116 valence electrons. The van der Waals surface area contributed by atoms with E-state index < -0.39 is 17.5 Å². The topological polar surface area (TPSA) is 63.6 Å². The Morgan fingerprint density at radius 1 is 0.900 bits per heavy atom. The molecule has 0 aliphatic heterocycles. The molecule has 20 heavy (non-hydrogen) atoms. The second-order valence-corrected chi connectivity index (χ2v) is 5.10. The minimum atomic E-state index is -1.32. The van der Waals surface area contributed by atoms with Crippen LogP contribution in [0.4, 0.5) is 0 Å². The molecular formula is C16H28O4. The summed E-state index contributed by atoms with van der Waals surface area (Å²) in [4.78, 5) is 21.6. The first-order valence-electron chi connectivity index (χ1n) is 7.69. The third-order valence-electron chi connectivity index (χ3n) is 3.24. The molecule has 0 saturated heterocycles. The van der Waals surface area contributed by atoms with Crippen LogP contribution in [0.1, 0.15) is 71.1 Å². The maximum atomic E-state index is 11.1. The van der Waals surface area contributed by atoms with Gasteiger partial charge >= 0.3 is 11.9 Å². The number of carboxylic acids is 1. The minimum absolute atomic E-state index is 0.279. The van der Waals surface area contributed by atoms with Crippen LogP contribution in [0.5, 0.6) is 0 Å². The first kappa shape index (κ1) is 18.7. The average molecular weight is 284 g/mol. The highest BCUT2D eigenvalue weighted by atomic mass is 16.5. The van der Waals surface area contributed by atoms with Crippen molar-refractivity contribution in [1.29, 1.82) is 0 Å². The summed E-state index contributed by atoms with van der Waals surface area (Å²) in [6.45, 7) is 5.65. The van der Waals surface area contributed by atoms with Gasteiger partial charge in [-0.3, -0.25) is 0 Å². The van der Waals surface area contributed by atoms with E-state index in [9.17, 15) is 9.59 Å². The van der Waals surface area contributed by atoms with E-state index in [0.717, 1.165) is 19.3 Å². The number of carbonyl (C=O) groups excluding carboxylic acids is 1. The molecule has 4 heteroatoms. The standard InChI is InChI=1S/C16H28O4/c1-3-4-5-6-7-8-9-10-11-12-13-20-16(19)14(2)15(17)18/h2-13H2,1H3,(H,17,18). The second kappa shape index (κ2) is 12.7. The number of carboxylic acid groups (broad SMARTS) is 1. The van der Waals surface area contributed by atoms with Gasteiger partial charge in [-0.15, -0.1) is 0 Å². The lowest BCUT2D eigenvalue weighted by Crippen LogP contribution is -2.14. The molecule has 0 aromatic heterocycles. The summed E-state index contributed by atoms with van der Waals surface area (Å²) in [7, 11) is 0. The van der Waals surface area contributed by atoms with E-state index in [0.29, 0.717) is 0 Å². The Morgan fingerprint density at radius 3 is 1.80 bits per heavy atom. The highest BCUT2D eigenvalue weighted by molar-refractivity contribution is 6.12. The summed E-state index contributed by atoms with van der Waals surface area (Å²) in [5, 5.41) is 8.53. The van der Waals surface area contributed by atoms with Gasteiger partial charge in [0.05, 0.1) is 6.61 Å². The van der Waals surface area contributed by atoms with Crippen molar-refractivity contribution in [2.24, 2.45) is 0 Å². The van der Waals surface area contributed by atoms with Crippen LogP contribution >= 0.6 is 0 Å². The minimum Gasteiger partial charge on any atom is -0.477 e. The van der Waals surface area contributed by atoms with Gasteiger partial charge in [0.2, 0.25) is 0 Å². The number of aliphatic carboxylic acids is 1. The molecule has 0 unspecified atom stereocenters. The molecule has 0 atom stereocenters. The molecule has 0 aromatic rings. The highest BCUT2D eigenvalue weighted by Gasteiger charge is 2.15. The Bertz CT molecular complexity index is 297. The fraction of sp³-hybridized carbons (Fsp3) is 0.750. The van der Waals surface area contributed by atoms with Crippen LogP contribution in [0.25, 0.3) is 0 Å². The molecule has 0 bridgehead atoms.